The minimum Gasteiger partial charge on any atom is -0.363 e. The normalized spacial score (nSPS) is 14.8. The van der Waals surface area contributed by atoms with E-state index in [-0.39, 0.29) is 12.3 Å². The molecule has 0 saturated heterocycles. The van der Waals surface area contributed by atoms with Crippen LogP contribution in [0.4, 0.5) is 11.4 Å². The van der Waals surface area contributed by atoms with Crippen LogP contribution in [0.25, 0.3) is 50.5 Å². The molecular formula is C92H106N6. The van der Waals surface area contributed by atoms with Crippen LogP contribution in [0.2, 0.25) is 0 Å². The van der Waals surface area contributed by atoms with Gasteiger partial charge in [-0.3, -0.25) is 4.57 Å². The predicted molar refractivity (Wildman–Crippen MR) is 417 cm³/mol. The highest BCUT2D eigenvalue weighted by Crippen LogP contribution is 2.47. The summed E-state index contributed by atoms with van der Waals surface area (Å²) in [6, 6.07) is 77.2. The van der Waals surface area contributed by atoms with E-state index in [0.29, 0.717) is 35.5 Å². The molecule has 2 aliphatic heterocycles. The number of unbranched alkanes of at least 4 members (excludes halogenated alkanes) is 5. The first-order chi connectivity index (χ1) is 47.6. The van der Waals surface area contributed by atoms with Gasteiger partial charge in [0, 0.05) is 53.1 Å². The maximum absolute atomic E-state index is 4.97. The van der Waals surface area contributed by atoms with Crippen LogP contribution in [0.5, 0.6) is 0 Å². The van der Waals surface area contributed by atoms with Gasteiger partial charge in [0.2, 0.25) is 0 Å². The predicted octanol–water partition coefficient (Wildman–Crippen LogP) is 25.2. The molecule has 0 radical (unpaired) electrons. The van der Waals surface area contributed by atoms with Crippen molar-refractivity contribution in [2.24, 2.45) is 0 Å². The van der Waals surface area contributed by atoms with Gasteiger partial charge in [0.05, 0.1) is 5.69 Å². The Hall–Kier alpha value is -9.13. The van der Waals surface area contributed by atoms with Crippen LogP contribution >= 0.6 is 0 Å². The van der Waals surface area contributed by atoms with Gasteiger partial charge in [-0.25, -0.2) is 4.98 Å². The summed E-state index contributed by atoms with van der Waals surface area (Å²) in [5.74, 6) is 3.05. The summed E-state index contributed by atoms with van der Waals surface area (Å²) >= 11 is 0. The Labute approximate surface area is 588 Å². The van der Waals surface area contributed by atoms with Crippen molar-refractivity contribution in [1.82, 2.24) is 20.2 Å². The summed E-state index contributed by atoms with van der Waals surface area (Å²) in [5.41, 5.74) is 29.0. The van der Waals surface area contributed by atoms with E-state index in [1.807, 2.05) is 6.20 Å². The lowest BCUT2D eigenvalue weighted by Gasteiger charge is -2.33. The van der Waals surface area contributed by atoms with Crippen LogP contribution in [0.1, 0.15) is 244 Å². The Balaban J connectivity index is 0.703. The Bertz CT molecular complexity index is 4220. The average molecular weight is 1300 g/mol. The van der Waals surface area contributed by atoms with E-state index >= 15 is 0 Å². The zero-order valence-electron chi connectivity index (χ0n) is 60.6. The van der Waals surface area contributed by atoms with Crippen LogP contribution in [0, 0.1) is 0 Å². The summed E-state index contributed by atoms with van der Waals surface area (Å²) in [6.45, 7) is 28.1. The first-order valence-electron chi connectivity index (χ1n) is 37.1. The lowest BCUT2D eigenvalue weighted by atomic mass is 9.87. The number of anilines is 2. The van der Waals surface area contributed by atoms with Crippen molar-refractivity contribution in [1.29, 1.82) is 0 Å². The van der Waals surface area contributed by atoms with Crippen molar-refractivity contribution in [3.8, 4) is 50.5 Å². The number of nitrogens with one attached hydrogen (secondary N) is 2. The van der Waals surface area contributed by atoms with Crippen molar-refractivity contribution in [3.63, 3.8) is 0 Å². The molecule has 10 aromatic rings. The summed E-state index contributed by atoms with van der Waals surface area (Å²) < 4.78 is 2.34. The molecule has 2 N–H and O–H groups in total. The third-order valence-corrected chi connectivity index (χ3v) is 20.4. The van der Waals surface area contributed by atoms with Crippen molar-refractivity contribution >= 4 is 11.4 Å². The smallest absolute Gasteiger partial charge is 0.144 e. The second kappa shape index (κ2) is 31.6. The van der Waals surface area contributed by atoms with Crippen LogP contribution < -0.4 is 20.4 Å². The fourth-order valence-electron chi connectivity index (χ4n) is 15.0. The third-order valence-electron chi connectivity index (χ3n) is 20.4. The third kappa shape index (κ3) is 15.7. The van der Waals surface area contributed by atoms with Gasteiger partial charge >= 0.3 is 0 Å². The number of nitrogens with zero attached hydrogens (tertiary/aromatic N) is 4. The van der Waals surface area contributed by atoms with Crippen molar-refractivity contribution in [3.05, 3.63) is 298 Å². The summed E-state index contributed by atoms with van der Waals surface area (Å²) in [6.07, 6.45) is 21.4. The lowest BCUT2D eigenvalue weighted by molar-refractivity contribution is 0.595. The monoisotopic (exact) mass is 1290 g/mol. The summed E-state index contributed by atoms with van der Waals surface area (Å²) in [5, 5.41) is 8.22. The van der Waals surface area contributed by atoms with Gasteiger partial charge in [-0.15, -0.1) is 0 Å². The fraction of sp³-hybridized carbons (Fsp3) is 0.337. The molecule has 504 valence electrons. The molecule has 2 aliphatic rings. The highest BCUT2D eigenvalue weighted by Gasteiger charge is 2.34. The van der Waals surface area contributed by atoms with E-state index in [0.717, 1.165) is 49.9 Å². The van der Waals surface area contributed by atoms with E-state index in [1.54, 1.807) is 0 Å². The molecule has 0 fully saturated rings. The van der Waals surface area contributed by atoms with Gasteiger partial charge < -0.3 is 20.4 Å². The average Bonchev–Trinajstić information content (AvgIpc) is 1.47. The highest BCUT2D eigenvalue weighted by atomic mass is 15.3. The summed E-state index contributed by atoms with van der Waals surface area (Å²) in [4.78, 5) is 10.1. The molecule has 3 heterocycles. The fourth-order valence-corrected chi connectivity index (χ4v) is 15.0. The lowest BCUT2D eigenvalue weighted by Crippen LogP contribution is -2.29. The Morgan fingerprint density at radius 2 is 0.633 bits per heavy atom. The van der Waals surface area contributed by atoms with E-state index < -0.39 is 0 Å². The number of aromatic nitrogens is 2. The minimum absolute atomic E-state index is 0.00685. The van der Waals surface area contributed by atoms with Gasteiger partial charge in [0.15, 0.2) is 0 Å². The zero-order chi connectivity index (χ0) is 68.4. The molecule has 0 aliphatic carbocycles. The van der Waals surface area contributed by atoms with E-state index in [2.05, 4.69) is 333 Å². The Morgan fingerprint density at radius 1 is 0.316 bits per heavy atom. The first-order valence-corrected chi connectivity index (χ1v) is 37.1. The number of aryl methyl sites for hydroxylation is 2. The van der Waals surface area contributed by atoms with E-state index in [9.17, 15) is 0 Å². The first kappa shape index (κ1) is 68.8. The molecule has 6 heteroatoms. The highest BCUT2D eigenvalue weighted by molar-refractivity contribution is 5.78. The van der Waals surface area contributed by atoms with Gasteiger partial charge in [-0.2, -0.15) is 0 Å². The molecule has 9 aromatic carbocycles. The number of rotatable bonds is 28. The maximum atomic E-state index is 4.97. The molecule has 1 aromatic heterocycles. The second-order valence-corrected chi connectivity index (χ2v) is 29.7. The van der Waals surface area contributed by atoms with Crippen LogP contribution in [-0.2, 0) is 12.8 Å². The maximum Gasteiger partial charge on any atom is 0.144 e. The minimum atomic E-state index is -0.0201. The van der Waals surface area contributed by atoms with Crippen LogP contribution in [0.3, 0.4) is 0 Å². The van der Waals surface area contributed by atoms with Crippen LogP contribution in [0.15, 0.2) is 242 Å². The van der Waals surface area contributed by atoms with Gasteiger partial charge in [-0.1, -0.05) is 272 Å². The molecule has 2 atom stereocenters. The molecule has 0 saturated carbocycles. The largest absolute Gasteiger partial charge is 0.363 e. The SMILES string of the molecule is CC(C)c1cc(-c2ccccc2)cc(C(C)C)c1N1C=C(CCCCC2=CN(c3c(C(C)C)cc(-c4ccccc4)cc3C(C)C)C(c3ccc(CCCCCCCc4ccc(-c5nccn5-c5c(C(C)C)cc(-c6ccccc6)cc5C(C)C)cc4)cc3)N2)NC1c1ccccc1. The number of allylic oxidation sites excluding steroid dienone is 2. The molecule has 2 unspecified atom stereocenters. The zero-order valence-corrected chi connectivity index (χ0v) is 60.6. The van der Waals surface area contributed by atoms with Gasteiger partial charge in [0.25, 0.3) is 0 Å². The molecular weight excluding hydrogens is 1190 g/mol. The summed E-state index contributed by atoms with van der Waals surface area (Å²) in [7, 11) is 0. The number of imidazole rings is 1. The molecule has 12 rings (SSSR count). The topological polar surface area (TPSA) is 48.4 Å². The number of hydrogen-bond donors (Lipinski definition) is 2. The second-order valence-electron chi connectivity index (χ2n) is 29.7. The van der Waals surface area contributed by atoms with Gasteiger partial charge in [-0.05, 0) is 212 Å². The Kier molecular flexibility index (Phi) is 22.2. The van der Waals surface area contributed by atoms with Gasteiger partial charge in [0.1, 0.15) is 18.2 Å². The number of hydrogen-bond acceptors (Lipinski definition) is 5. The van der Waals surface area contributed by atoms with Crippen molar-refractivity contribution in [2.45, 2.75) is 202 Å². The van der Waals surface area contributed by atoms with E-state index in [4.69, 9.17) is 4.98 Å². The standard InChI is InChI=1S/C92H106N6/c1-62(2)81-54-76(70-34-22-16-23-35-70)55-82(63(3)4)87(81)96-53-52-93-90(96)74-48-44-68(45-49-74)32-20-14-13-15-21-33-69-46-50-75(51-47-69)92-95-80(61-98(92)89-85(66(9)10)58-78(59-86(89)67(11)12)72-38-26-18-27-39-72)43-31-30-42-79-60-97(91(94-79)73-40-28-19-29-41-73)88-83(64(5)6)56-77(57-84(88)65(7)8)71-36-24-17-25-37-71/h16-19,22-29,34-41,44-67,91-92,94-95H,13-15,20-21,30-33,42-43H2,1-12H3. The van der Waals surface area contributed by atoms with Crippen molar-refractivity contribution in [2.75, 3.05) is 9.80 Å². The molecule has 0 spiro atoms. The molecule has 6 nitrogen and oxygen atoms in total. The molecule has 0 bridgehead atoms. The molecule has 98 heavy (non-hydrogen) atoms. The quantitative estimate of drug-likeness (QED) is 0.0479. The molecule has 0 amide bonds. The van der Waals surface area contributed by atoms with Crippen molar-refractivity contribution < 1.29 is 0 Å². The number of benzene rings is 9. The van der Waals surface area contributed by atoms with Crippen LogP contribution in [-0.4, -0.2) is 9.55 Å². The Morgan fingerprint density at radius 3 is 1.00 bits per heavy atom. The van der Waals surface area contributed by atoms with E-state index in [1.165, 1.54) is 150 Å².